The molecule has 314 valence electrons. The number of furan rings is 1. The van der Waals surface area contributed by atoms with Crippen molar-refractivity contribution in [3.05, 3.63) is 229 Å². The Morgan fingerprint density at radius 1 is 0.403 bits per heavy atom. The highest BCUT2D eigenvalue weighted by atomic mass is 16.3. The third-order valence-corrected chi connectivity index (χ3v) is 14.0. The molecule has 5 heteroatoms. The summed E-state index contributed by atoms with van der Waals surface area (Å²) in [5.41, 5.74) is 14.2. The predicted molar refractivity (Wildman–Crippen MR) is 275 cm³/mol. The van der Waals surface area contributed by atoms with E-state index in [-0.39, 0.29) is 0 Å². The molecule has 3 heterocycles. The fraction of sp³-hybridized carbons (Fsp3) is 0.0484. The Balaban J connectivity index is 1.00. The van der Waals surface area contributed by atoms with Crippen molar-refractivity contribution in [2.45, 2.75) is 18.8 Å². The number of para-hydroxylation sites is 1. The van der Waals surface area contributed by atoms with Crippen LogP contribution in [0.3, 0.4) is 0 Å². The lowest BCUT2D eigenvalue weighted by Crippen LogP contribution is -2.02. The Hall–Kier alpha value is -8.67. The highest BCUT2D eigenvalue weighted by Crippen LogP contribution is 2.48. The van der Waals surface area contributed by atoms with Crippen molar-refractivity contribution < 1.29 is 4.42 Å². The van der Waals surface area contributed by atoms with E-state index in [2.05, 4.69) is 193 Å². The molecule has 0 unspecified atom stereocenters. The summed E-state index contributed by atoms with van der Waals surface area (Å²) in [7, 11) is 0. The molecule has 0 amide bonds. The molecule has 0 N–H and O–H groups in total. The van der Waals surface area contributed by atoms with Gasteiger partial charge in [0.25, 0.3) is 0 Å². The second-order valence-corrected chi connectivity index (χ2v) is 17.8. The summed E-state index contributed by atoms with van der Waals surface area (Å²) >= 11 is 0. The molecule has 14 rings (SSSR count). The molecule has 0 bridgehead atoms. The first kappa shape index (κ1) is 37.7. The number of rotatable bonds is 7. The van der Waals surface area contributed by atoms with E-state index in [1.807, 2.05) is 24.3 Å². The van der Waals surface area contributed by atoms with Gasteiger partial charge in [-0.25, -0.2) is 15.0 Å². The molecular weight excluding hydrogens is 817 g/mol. The molecule has 0 spiro atoms. The van der Waals surface area contributed by atoms with Crippen LogP contribution < -0.4 is 0 Å². The van der Waals surface area contributed by atoms with Crippen LogP contribution in [0.2, 0.25) is 0 Å². The largest absolute Gasteiger partial charge is 0.456 e. The molecule has 1 atom stereocenters. The molecule has 5 nitrogen and oxygen atoms in total. The monoisotopic (exact) mass is 856 g/mol. The van der Waals surface area contributed by atoms with E-state index in [0.29, 0.717) is 23.4 Å². The highest BCUT2D eigenvalue weighted by Gasteiger charge is 2.29. The Kier molecular flexibility index (Phi) is 8.40. The highest BCUT2D eigenvalue weighted by molar-refractivity contribution is 6.24. The van der Waals surface area contributed by atoms with Gasteiger partial charge in [0.15, 0.2) is 17.5 Å². The first-order chi connectivity index (χ1) is 33.2. The van der Waals surface area contributed by atoms with Crippen LogP contribution in [0.5, 0.6) is 0 Å². The molecular formula is C62H40N4O. The van der Waals surface area contributed by atoms with Crippen LogP contribution in [0.4, 0.5) is 0 Å². The summed E-state index contributed by atoms with van der Waals surface area (Å²) in [6.07, 6.45) is 2.05. The topological polar surface area (TPSA) is 56.7 Å². The van der Waals surface area contributed by atoms with Crippen molar-refractivity contribution in [1.29, 1.82) is 0 Å². The fourth-order valence-corrected chi connectivity index (χ4v) is 10.9. The Labute approximate surface area is 386 Å². The lowest BCUT2D eigenvalue weighted by Gasteiger charge is -2.15. The van der Waals surface area contributed by atoms with Crippen LogP contribution in [-0.2, 0) is 6.42 Å². The van der Waals surface area contributed by atoms with Gasteiger partial charge >= 0.3 is 0 Å². The summed E-state index contributed by atoms with van der Waals surface area (Å²) in [5.74, 6) is 2.12. The van der Waals surface area contributed by atoms with Crippen molar-refractivity contribution in [2.24, 2.45) is 0 Å². The summed E-state index contributed by atoms with van der Waals surface area (Å²) in [4.78, 5) is 15.9. The SMILES string of the molecule is c1ccc(CC[C@H]2c3ccccc3-c3cc(-c4nc(-c5ccccc5)nc(-c5cc(-n6c7cc8ccccc8cc7c7c8ccccc8ccc76)c6c(c5)oc5ccccc56)n4)ccc32)cc1. The molecule has 0 fully saturated rings. The minimum Gasteiger partial charge on any atom is -0.456 e. The number of fused-ring (bicyclic) bond motifs is 12. The van der Waals surface area contributed by atoms with E-state index >= 15 is 0 Å². The number of aryl methyl sites for hydroxylation is 1. The van der Waals surface area contributed by atoms with E-state index < -0.39 is 0 Å². The maximum absolute atomic E-state index is 6.80. The maximum atomic E-state index is 6.80. The van der Waals surface area contributed by atoms with Crippen LogP contribution in [0, 0.1) is 0 Å². The van der Waals surface area contributed by atoms with Crippen LogP contribution in [0.25, 0.3) is 116 Å². The molecule has 3 aromatic heterocycles. The van der Waals surface area contributed by atoms with E-state index in [1.165, 1.54) is 60.1 Å². The number of hydrogen-bond donors (Lipinski definition) is 0. The van der Waals surface area contributed by atoms with Gasteiger partial charge in [0, 0.05) is 38.8 Å². The van der Waals surface area contributed by atoms with Gasteiger partial charge in [-0.15, -0.1) is 0 Å². The summed E-state index contributed by atoms with van der Waals surface area (Å²) in [5, 5.41) is 9.33. The van der Waals surface area contributed by atoms with Crippen molar-refractivity contribution in [2.75, 3.05) is 0 Å². The van der Waals surface area contributed by atoms with Crippen molar-refractivity contribution >= 4 is 65.3 Å². The fourth-order valence-electron chi connectivity index (χ4n) is 10.9. The van der Waals surface area contributed by atoms with Crippen LogP contribution in [-0.4, -0.2) is 19.5 Å². The number of benzene rings is 10. The van der Waals surface area contributed by atoms with Gasteiger partial charge in [0.1, 0.15) is 11.2 Å². The van der Waals surface area contributed by atoms with E-state index in [9.17, 15) is 0 Å². The van der Waals surface area contributed by atoms with Crippen LogP contribution in [0.1, 0.15) is 29.0 Å². The Bertz CT molecular complexity index is 4110. The molecule has 1 aliphatic carbocycles. The van der Waals surface area contributed by atoms with Gasteiger partial charge in [-0.3, -0.25) is 0 Å². The zero-order valence-electron chi connectivity index (χ0n) is 36.4. The second kappa shape index (κ2) is 14.9. The lowest BCUT2D eigenvalue weighted by molar-refractivity contribution is 0.669. The summed E-state index contributed by atoms with van der Waals surface area (Å²) in [6.45, 7) is 0. The molecule has 10 aromatic carbocycles. The molecule has 0 saturated carbocycles. The normalized spacial score (nSPS) is 13.3. The second-order valence-electron chi connectivity index (χ2n) is 17.8. The number of hydrogen-bond acceptors (Lipinski definition) is 4. The minimum absolute atomic E-state index is 0.306. The zero-order valence-corrected chi connectivity index (χ0v) is 36.4. The minimum atomic E-state index is 0.306. The third-order valence-electron chi connectivity index (χ3n) is 14.0. The maximum Gasteiger partial charge on any atom is 0.164 e. The van der Waals surface area contributed by atoms with Crippen LogP contribution in [0.15, 0.2) is 217 Å². The van der Waals surface area contributed by atoms with Gasteiger partial charge in [0.05, 0.1) is 22.1 Å². The van der Waals surface area contributed by atoms with Gasteiger partial charge in [-0.2, -0.15) is 0 Å². The average molecular weight is 857 g/mol. The zero-order chi connectivity index (χ0) is 44.0. The molecule has 13 aromatic rings. The molecule has 67 heavy (non-hydrogen) atoms. The summed E-state index contributed by atoms with van der Waals surface area (Å²) in [6, 6.07) is 76.0. The quantitative estimate of drug-likeness (QED) is 0.160. The van der Waals surface area contributed by atoms with E-state index in [4.69, 9.17) is 19.4 Å². The van der Waals surface area contributed by atoms with Gasteiger partial charge in [-0.05, 0) is 105 Å². The van der Waals surface area contributed by atoms with Gasteiger partial charge in [-0.1, -0.05) is 170 Å². The first-order valence-electron chi connectivity index (χ1n) is 23.1. The Morgan fingerprint density at radius 2 is 1.06 bits per heavy atom. The smallest absolute Gasteiger partial charge is 0.164 e. The molecule has 0 saturated heterocycles. The first-order valence-corrected chi connectivity index (χ1v) is 23.1. The lowest BCUT2D eigenvalue weighted by atomic mass is 9.90. The molecule has 0 aliphatic heterocycles. The standard InChI is InChI=1S/C62H40N4O/c1-3-15-38(16-4-1)27-30-48-46-23-11-12-24-47(46)51-34-43(28-31-49(48)51)61-63-60(40-18-5-2-6-19-40)64-62(65-61)44-36-55(59-50-25-13-14-26-56(50)67-57(59)37-44)66-53-32-29-39-17-9-10-22-45(39)58(53)52-33-41-20-7-8-21-42(41)35-54(52)66/h1-26,28-29,31-37,48H,27,30H2/t48-/m0/s1. The molecule has 1 aliphatic rings. The number of aromatic nitrogens is 4. The van der Waals surface area contributed by atoms with Gasteiger partial charge in [0.2, 0.25) is 0 Å². The van der Waals surface area contributed by atoms with Crippen molar-refractivity contribution in [3.63, 3.8) is 0 Å². The third kappa shape index (κ3) is 6.05. The van der Waals surface area contributed by atoms with Gasteiger partial charge < -0.3 is 8.98 Å². The van der Waals surface area contributed by atoms with E-state index in [0.717, 1.165) is 68.2 Å². The number of nitrogens with zero attached hydrogens (tertiary/aromatic N) is 4. The van der Waals surface area contributed by atoms with Crippen LogP contribution >= 0.6 is 0 Å². The van der Waals surface area contributed by atoms with Crippen molar-refractivity contribution in [1.82, 2.24) is 19.5 Å². The van der Waals surface area contributed by atoms with Crippen molar-refractivity contribution in [3.8, 4) is 51.0 Å². The summed E-state index contributed by atoms with van der Waals surface area (Å²) < 4.78 is 9.24. The van der Waals surface area contributed by atoms with E-state index in [1.54, 1.807) is 0 Å². The molecule has 0 radical (unpaired) electrons. The average Bonchev–Trinajstić information content (AvgIpc) is 4.04. The Morgan fingerprint density at radius 3 is 1.90 bits per heavy atom. The predicted octanol–water partition coefficient (Wildman–Crippen LogP) is 15.9.